The van der Waals surface area contributed by atoms with Crippen LogP contribution in [0.1, 0.15) is 15.9 Å². The third-order valence-electron chi connectivity index (χ3n) is 1.63. The molecule has 0 aliphatic rings. The van der Waals surface area contributed by atoms with Gasteiger partial charge >= 0.3 is 5.97 Å². The number of rotatable bonds is 3. The fourth-order valence-corrected chi connectivity index (χ4v) is 0.972. The zero-order valence-corrected chi connectivity index (χ0v) is 6.73. The van der Waals surface area contributed by atoms with Crippen molar-refractivity contribution in [1.29, 1.82) is 0 Å². The van der Waals surface area contributed by atoms with Gasteiger partial charge in [-0.25, -0.2) is 4.79 Å². The van der Waals surface area contributed by atoms with Gasteiger partial charge in [0.25, 0.3) is 0 Å². The second-order valence-electron chi connectivity index (χ2n) is 2.52. The maximum Gasteiger partial charge on any atom is 0.335 e. The minimum absolute atomic E-state index is 0.0208. The molecule has 0 unspecified atom stereocenters. The monoisotopic (exact) mass is 180 g/mol. The van der Waals surface area contributed by atoms with E-state index in [0.717, 1.165) is 0 Å². The summed E-state index contributed by atoms with van der Waals surface area (Å²) in [5.41, 5.74) is 0.393. The van der Waals surface area contributed by atoms with Gasteiger partial charge in [0.05, 0.1) is 5.56 Å². The lowest BCUT2D eigenvalue weighted by molar-refractivity contribution is -0.107. The van der Waals surface area contributed by atoms with Crippen molar-refractivity contribution in [1.82, 2.24) is 0 Å². The Balaban J connectivity index is 3.10. The lowest BCUT2D eigenvalue weighted by Crippen LogP contribution is -1.98. The number of aromatic carboxylic acids is 1. The number of hydrogen-bond donors (Lipinski definition) is 2. The second-order valence-corrected chi connectivity index (χ2v) is 2.52. The maximum absolute atomic E-state index is 10.5. The van der Waals surface area contributed by atoms with Gasteiger partial charge in [0.2, 0.25) is 0 Å². The lowest BCUT2D eigenvalue weighted by atomic mass is 10.1. The van der Waals surface area contributed by atoms with Crippen molar-refractivity contribution in [2.45, 2.75) is 6.42 Å². The molecule has 0 aliphatic carbocycles. The summed E-state index contributed by atoms with van der Waals surface area (Å²) in [7, 11) is 0. The average Bonchev–Trinajstić information content (AvgIpc) is 2.08. The van der Waals surface area contributed by atoms with Crippen LogP contribution in [0, 0.1) is 0 Å². The molecule has 0 spiro atoms. The highest BCUT2D eigenvalue weighted by Crippen LogP contribution is 2.18. The Hall–Kier alpha value is -1.84. The highest BCUT2D eigenvalue weighted by atomic mass is 16.4. The van der Waals surface area contributed by atoms with Crippen LogP contribution in [-0.2, 0) is 11.2 Å². The Labute approximate surface area is 74.4 Å². The largest absolute Gasteiger partial charge is 0.508 e. The van der Waals surface area contributed by atoms with E-state index in [0.29, 0.717) is 11.8 Å². The number of phenols is 1. The normalized spacial score (nSPS) is 9.54. The first-order chi connectivity index (χ1) is 6.15. The van der Waals surface area contributed by atoms with Gasteiger partial charge in [0.1, 0.15) is 12.0 Å². The summed E-state index contributed by atoms with van der Waals surface area (Å²) in [5, 5.41) is 17.8. The minimum Gasteiger partial charge on any atom is -0.508 e. The van der Waals surface area contributed by atoms with Crippen LogP contribution in [0.15, 0.2) is 18.2 Å². The van der Waals surface area contributed by atoms with Crippen LogP contribution in [0.5, 0.6) is 5.75 Å². The molecule has 4 heteroatoms. The van der Waals surface area contributed by atoms with Gasteiger partial charge in [0, 0.05) is 12.0 Å². The number of hydrogen-bond acceptors (Lipinski definition) is 3. The fourth-order valence-electron chi connectivity index (χ4n) is 0.972. The summed E-state index contributed by atoms with van der Waals surface area (Å²) < 4.78 is 0. The van der Waals surface area contributed by atoms with Crippen LogP contribution in [0.3, 0.4) is 0 Å². The summed E-state index contributed by atoms with van der Waals surface area (Å²) in [6, 6.07) is 3.83. The fraction of sp³-hybridized carbons (Fsp3) is 0.111. The number of phenolic OH excluding ortho intramolecular Hbond substituents is 1. The lowest BCUT2D eigenvalue weighted by Gasteiger charge is -2.01. The van der Waals surface area contributed by atoms with E-state index in [9.17, 15) is 14.7 Å². The minimum atomic E-state index is -1.08. The number of carboxylic acid groups (broad SMARTS) is 1. The Morgan fingerprint density at radius 2 is 2.15 bits per heavy atom. The molecule has 0 atom stereocenters. The average molecular weight is 180 g/mol. The van der Waals surface area contributed by atoms with E-state index in [1.54, 1.807) is 0 Å². The zero-order chi connectivity index (χ0) is 9.84. The molecule has 2 N–H and O–H groups in total. The summed E-state index contributed by atoms with van der Waals surface area (Å²) in [5.74, 6) is -1.13. The van der Waals surface area contributed by atoms with Crippen molar-refractivity contribution in [2.24, 2.45) is 0 Å². The van der Waals surface area contributed by atoms with E-state index < -0.39 is 5.97 Å². The molecule has 0 aliphatic heterocycles. The molecule has 68 valence electrons. The van der Waals surface area contributed by atoms with Gasteiger partial charge in [-0.3, -0.25) is 0 Å². The SMILES string of the molecule is O=CCc1cc(C(=O)O)ccc1O. The Bertz CT molecular complexity index is 343. The molecule has 0 bridgehead atoms. The topological polar surface area (TPSA) is 74.6 Å². The van der Waals surface area contributed by atoms with Crippen LogP contribution in [0.25, 0.3) is 0 Å². The molecule has 0 aromatic heterocycles. The van der Waals surface area contributed by atoms with E-state index in [2.05, 4.69) is 0 Å². The van der Waals surface area contributed by atoms with Crippen LogP contribution < -0.4 is 0 Å². The highest BCUT2D eigenvalue weighted by Gasteiger charge is 2.06. The molecule has 0 radical (unpaired) electrons. The van der Waals surface area contributed by atoms with Crippen molar-refractivity contribution in [2.75, 3.05) is 0 Å². The third-order valence-corrected chi connectivity index (χ3v) is 1.63. The molecule has 0 saturated carbocycles. The number of benzene rings is 1. The van der Waals surface area contributed by atoms with E-state index in [1.807, 2.05) is 0 Å². The molecule has 0 amide bonds. The third kappa shape index (κ3) is 2.05. The number of carbonyl (C=O) groups excluding carboxylic acids is 1. The van der Waals surface area contributed by atoms with E-state index in [1.165, 1.54) is 18.2 Å². The predicted molar refractivity (Wildman–Crippen MR) is 44.8 cm³/mol. The van der Waals surface area contributed by atoms with Crippen molar-refractivity contribution in [3.63, 3.8) is 0 Å². The van der Waals surface area contributed by atoms with Gasteiger partial charge < -0.3 is 15.0 Å². The number of carbonyl (C=O) groups is 2. The molecule has 4 nitrogen and oxygen atoms in total. The maximum atomic E-state index is 10.5. The van der Waals surface area contributed by atoms with Gasteiger partial charge in [0.15, 0.2) is 0 Å². The molecule has 1 aromatic carbocycles. The molecule has 1 rings (SSSR count). The van der Waals surface area contributed by atoms with Crippen LogP contribution in [-0.4, -0.2) is 22.5 Å². The molecule has 0 heterocycles. The molecule has 0 saturated heterocycles. The number of aldehydes is 1. The summed E-state index contributed by atoms with van der Waals surface area (Å²) in [4.78, 5) is 20.6. The first-order valence-corrected chi connectivity index (χ1v) is 3.64. The Morgan fingerprint density at radius 3 is 2.69 bits per heavy atom. The number of carboxylic acids is 1. The van der Waals surface area contributed by atoms with Crippen molar-refractivity contribution < 1.29 is 19.8 Å². The summed E-state index contributed by atoms with van der Waals surface area (Å²) in [6.45, 7) is 0. The smallest absolute Gasteiger partial charge is 0.335 e. The molecular formula is C9H8O4. The van der Waals surface area contributed by atoms with Gasteiger partial charge in [-0.05, 0) is 18.2 Å². The van der Waals surface area contributed by atoms with E-state index in [-0.39, 0.29) is 17.7 Å². The molecular weight excluding hydrogens is 172 g/mol. The molecule has 13 heavy (non-hydrogen) atoms. The summed E-state index contributed by atoms with van der Waals surface area (Å²) >= 11 is 0. The van der Waals surface area contributed by atoms with Crippen molar-refractivity contribution in [3.8, 4) is 5.75 Å². The van der Waals surface area contributed by atoms with E-state index >= 15 is 0 Å². The van der Waals surface area contributed by atoms with E-state index in [4.69, 9.17) is 5.11 Å². The molecule has 0 fully saturated rings. The number of aromatic hydroxyl groups is 1. The van der Waals surface area contributed by atoms with Crippen LogP contribution >= 0.6 is 0 Å². The standard InChI is InChI=1S/C9H8O4/c10-4-3-6-5-7(9(12)13)1-2-8(6)11/h1-2,4-5,11H,3H2,(H,12,13). The van der Waals surface area contributed by atoms with Gasteiger partial charge in [-0.2, -0.15) is 0 Å². The van der Waals surface area contributed by atoms with Crippen LogP contribution in [0.2, 0.25) is 0 Å². The highest BCUT2D eigenvalue weighted by molar-refractivity contribution is 5.88. The Morgan fingerprint density at radius 1 is 1.46 bits per heavy atom. The Kier molecular flexibility index (Phi) is 2.64. The van der Waals surface area contributed by atoms with Gasteiger partial charge in [-0.1, -0.05) is 0 Å². The van der Waals surface area contributed by atoms with Crippen LogP contribution in [0.4, 0.5) is 0 Å². The quantitative estimate of drug-likeness (QED) is 0.675. The zero-order valence-electron chi connectivity index (χ0n) is 6.73. The second kappa shape index (κ2) is 3.71. The first-order valence-electron chi connectivity index (χ1n) is 3.64. The predicted octanol–water partition coefficient (Wildman–Crippen LogP) is 0.832. The van der Waals surface area contributed by atoms with Gasteiger partial charge in [-0.15, -0.1) is 0 Å². The van der Waals surface area contributed by atoms with Crippen molar-refractivity contribution in [3.05, 3.63) is 29.3 Å². The van der Waals surface area contributed by atoms with Crippen molar-refractivity contribution >= 4 is 12.3 Å². The molecule has 1 aromatic rings. The first kappa shape index (κ1) is 9.25. The summed E-state index contributed by atoms with van der Waals surface area (Å²) in [6.07, 6.45) is 0.633.